The lowest BCUT2D eigenvalue weighted by Gasteiger charge is -2.35. The number of aromatic nitrogens is 2. The molecule has 0 bridgehead atoms. The first kappa shape index (κ1) is 28.0. The molecule has 0 spiro atoms. The van der Waals surface area contributed by atoms with E-state index in [9.17, 15) is 27.6 Å². The van der Waals surface area contributed by atoms with Gasteiger partial charge in [0.1, 0.15) is 17.5 Å². The van der Waals surface area contributed by atoms with E-state index >= 15 is 0 Å². The number of fused-ring (bicyclic) bond motifs is 1. The van der Waals surface area contributed by atoms with Gasteiger partial charge in [-0.25, -0.2) is 4.68 Å². The maximum Gasteiger partial charge on any atom is 0.433 e. The van der Waals surface area contributed by atoms with Gasteiger partial charge in [0.2, 0.25) is 5.91 Å². The second-order valence-corrected chi connectivity index (χ2v) is 10.7. The normalized spacial score (nSPS) is 21.2. The lowest BCUT2D eigenvalue weighted by Crippen LogP contribution is -2.54. The first-order valence-electron chi connectivity index (χ1n) is 13.8. The summed E-state index contributed by atoms with van der Waals surface area (Å²) in [5, 5.41) is 4.27. The second-order valence-electron chi connectivity index (χ2n) is 10.7. The van der Waals surface area contributed by atoms with Crippen LogP contribution in [0.4, 0.5) is 13.2 Å². The molecule has 2 unspecified atom stereocenters. The van der Waals surface area contributed by atoms with E-state index in [4.69, 9.17) is 9.47 Å². The fraction of sp³-hybridized carbons (Fsp3) is 0.400. The summed E-state index contributed by atoms with van der Waals surface area (Å²) in [5.74, 6) is -0.469. The van der Waals surface area contributed by atoms with E-state index in [2.05, 4.69) is 5.10 Å². The van der Waals surface area contributed by atoms with Crippen LogP contribution in [0.2, 0.25) is 0 Å². The summed E-state index contributed by atoms with van der Waals surface area (Å²) in [7, 11) is 1.55. The van der Waals surface area contributed by atoms with Crippen LogP contribution < -0.4 is 4.74 Å². The van der Waals surface area contributed by atoms with Crippen LogP contribution >= 0.6 is 0 Å². The highest BCUT2D eigenvalue weighted by Gasteiger charge is 2.43. The highest BCUT2D eigenvalue weighted by molar-refractivity contribution is 6.05. The van der Waals surface area contributed by atoms with Crippen LogP contribution in [0.3, 0.4) is 0 Å². The second kappa shape index (κ2) is 10.9. The van der Waals surface area contributed by atoms with Crippen molar-refractivity contribution in [3.8, 4) is 17.0 Å². The van der Waals surface area contributed by atoms with Gasteiger partial charge >= 0.3 is 6.18 Å². The smallest absolute Gasteiger partial charge is 0.433 e. The van der Waals surface area contributed by atoms with E-state index in [0.717, 1.165) is 29.2 Å². The number of benzene rings is 2. The number of hydrogen-bond acceptors (Lipinski definition) is 6. The molecular formula is C30H29F3N4O5. The molecular weight excluding hydrogens is 553 g/mol. The standard InChI is InChI=1S/C30H29F3N4O5/c1-41-21-8-5-18(6-9-21)16-36-26(38)12-11-24(29(36)40)35-17-20-14-19(7-10-22(20)28(35)39)23-15-25(30(31,32)33)37(34-23)27-4-2-3-13-42-27/h5-10,14-15,24,27H,2-4,11-13,16-17H2,1H3. The molecule has 3 aromatic rings. The Morgan fingerprint density at radius 2 is 1.81 bits per heavy atom. The summed E-state index contributed by atoms with van der Waals surface area (Å²) >= 11 is 0. The number of halogens is 3. The molecule has 2 aromatic carbocycles. The number of likely N-dealkylation sites (tertiary alicyclic amines) is 1. The summed E-state index contributed by atoms with van der Waals surface area (Å²) in [6.07, 6.45) is -3.13. The van der Waals surface area contributed by atoms with Crippen molar-refractivity contribution in [2.75, 3.05) is 13.7 Å². The van der Waals surface area contributed by atoms with Gasteiger partial charge < -0.3 is 14.4 Å². The van der Waals surface area contributed by atoms with E-state index in [-0.39, 0.29) is 43.4 Å². The summed E-state index contributed by atoms with van der Waals surface area (Å²) in [5.41, 5.74) is 1.36. The van der Waals surface area contributed by atoms with E-state index in [1.165, 1.54) is 9.80 Å². The van der Waals surface area contributed by atoms with Crippen LogP contribution in [0.1, 0.15) is 65.5 Å². The summed E-state index contributed by atoms with van der Waals surface area (Å²) < 4.78 is 53.3. The quantitative estimate of drug-likeness (QED) is 0.382. The number of imide groups is 1. The lowest BCUT2D eigenvalue weighted by molar-refractivity contribution is -0.153. The number of nitrogens with zero attached hydrogens (tertiary/aromatic N) is 4. The fourth-order valence-electron chi connectivity index (χ4n) is 5.83. The molecule has 4 heterocycles. The minimum absolute atomic E-state index is 0.0756. The maximum atomic E-state index is 13.9. The molecule has 0 aliphatic carbocycles. The Bertz CT molecular complexity index is 1530. The number of hydrogen-bond donors (Lipinski definition) is 0. The van der Waals surface area contributed by atoms with Gasteiger partial charge in [-0.15, -0.1) is 0 Å². The number of rotatable bonds is 6. The third-order valence-corrected chi connectivity index (χ3v) is 8.05. The minimum atomic E-state index is -4.62. The average Bonchev–Trinajstić information content (AvgIpc) is 3.58. The van der Waals surface area contributed by atoms with Crippen LogP contribution in [0.25, 0.3) is 11.3 Å². The highest BCUT2D eigenvalue weighted by Crippen LogP contribution is 2.38. The van der Waals surface area contributed by atoms with Gasteiger partial charge in [-0.3, -0.25) is 19.3 Å². The van der Waals surface area contributed by atoms with E-state index in [0.29, 0.717) is 35.5 Å². The monoisotopic (exact) mass is 582 g/mol. The molecule has 42 heavy (non-hydrogen) atoms. The van der Waals surface area contributed by atoms with Gasteiger partial charge in [0.15, 0.2) is 6.23 Å². The lowest BCUT2D eigenvalue weighted by atomic mass is 10.0. The highest BCUT2D eigenvalue weighted by atomic mass is 19.4. The van der Waals surface area contributed by atoms with E-state index < -0.39 is 30.0 Å². The van der Waals surface area contributed by atoms with Crippen molar-refractivity contribution in [1.82, 2.24) is 19.6 Å². The average molecular weight is 583 g/mol. The zero-order valence-electron chi connectivity index (χ0n) is 22.9. The molecule has 9 nitrogen and oxygen atoms in total. The van der Waals surface area contributed by atoms with Crippen molar-refractivity contribution in [3.05, 3.63) is 70.9 Å². The number of ether oxygens (including phenoxy) is 2. The molecule has 3 aliphatic rings. The molecule has 2 saturated heterocycles. The zero-order valence-corrected chi connectivity index (χ0v) is 22.9. The largest absolute Gasteiger partial charge is 0.497 e. The van der Waals surface area contributed by atoms with Crippen molar-refractivity contribution in [1.29, 1.82) is 0 Å². The maximum absolute atomic E-state index is 13.9. The molecule has 2 atom stereocenters. The van der Waals surface area contributed by atoms with Crippen molar-refractivity contribution < 1.29 is 37.0 Å². The molecule has 3 aliphatic heterocycles. The third kappa shape index (κ3) is 5.15. The number of piperidine rings is 1. The molecule has 0 radical (unpaired) electrons. The van der Waals surface area contributed by atoms with Crippen LogP contribution in [0.15, 0.2) is 48.5 Å². The van der Waals surface area contributed by atoms with Crippen molar-refractivity contribution >= 4 is 17.7 Å². The Kier molecular flexibility index (Phi) is 7.25. The fourth-order valence-corrected chi connectivity index (χ4v) is 5.83. The topological polar surface area (TPSA) is 94.0 Å². The molecule has 220 valence electrons. The van der Waals surface area contributed by atoms with Crippen LogP contribution in [-0.2, 0) is 33.6 Å². The van der Waals surface area contributed by atoms with Gasteiger partial charge in [-0.2, -0.15) is 18.3 Å². The molecule has 12 heteroatoms. The minimum Gasteiger partial charge on any atom is -0.497 e. The van der Waals surface area contributed by atoms with Crippen molar-refractivity contribution in [3.63, 3.8) is 0 Å². The first-order valence-corrected chi connectivity index (χ1v) is 13.8. The van der Waals surface area contributed by atoms with Crippen LogP contribution in [0.5, 0.6) is 5.75 Å². The SMILES string of the molecule is COc1ccc(CN2C(=O)CCC(N3Cc4cc(-c5cc(C(F)(F)F)n(C6CCCCO6)n5)ccc4C3=O)C2=O)cc1. The molecule has 3 amide bonds. The summed E-state index contributed by atoms with van der Waals surface area (Å²) in [6.45, 7) is 0.546. The molecule has 6 rings (SSSR count). The van der Waals surface area contributed by atoms with Crippen molar-refractivity contribution in [2.45, 2.75) is 63.6 Å². The molecule has 1 aromatic heterocycles. The Morgan fingerprint density at radius 3 is 2.50 bits per heavy atom. The first-order chi connectivity index (χ1) is 20.1. The van der Waals surface area contributed by atoms with E-state index in [1.807, 2.05) is 0 Å². The number of alkyl halides is 3. The predicted molar refractivity (Wildman–Crippen MR) is 143 cm³/mol. The van der Waals surface area contributed by atoms with Crippen LogP contribution in [-0.4, -0.2) is 57.1 Å². The Labute approximate surface area is 239 Å². The van der Waals surface area contributed by atoms with Gasteiger partial charge in [0.05, 0.1) is 19.3 Å². The van der Waals surface area contributed by atoms with E-state index in [1.54, 1.807) is 49.6 Å². The summed E-state index contributed by atoms with van der Waals surface area (Å²) in [4.78, 5) is 42.2. The predicted octanol–water partition coefficient (Wildman–Crippen LogP) is 4.95. The number of carbonyl (C=O) groups is 3. The number of amides is 3. The third-order valence-electron chi connectivity index (χ3n) is 8.05. The molecule has 0 saturated carbocycles. The van der Waals surface area contributed by atoms with Gasteiger partial charge in [0.25, 0.3) is 11.8 Å². The Hall–Kier alpha value is -4.19. The van der Waals surface area contributed by atoms with Crippen molar-refractivity contribution in [2.24, 2.45) is 0 Å². The Balaban J connectivity index is 1.23. The van der Waals surface area contributed by atoms with Crippen LogP contribution in [0, 0.1) is 0 Å². The molecule has 0 N–H and O–H groups in total. The number of methoxy groups -OCH3 is 1. The van der Waals surface area contributed by atoms with Gasteiger partial charge in [0, 0.05) is 30.7 Å². The van der Waals surface area contributed by atoms with Gasteiger partial charge in [-0.1, -0.05) is 18.2 Å². The Morgan fingerprint density at radius 1 is 1.02 bits per heavy atom. The van der Waals surface area contributed by atoms with Gasteiger partial charge in [-0.05, 0) is 67.1 Å². The molecule has 2 fully saturated rings. The summed E-state index contributed by atoms with van der Waals surface area (Å²) in [6, 6.07) is 12.0. The number of carbonyl (C=O) groups excluding carboxylic acids is 3. The zero-order chi connectivity index (χ0) is 29.6.